The molecule has 1 aliphatic rings. The summed E-state index contributed by atoms with van der Waals surface area (Å²) in [5.41, 5.74) is 5.68. The van der Waals surface area contributed by atoms with Crippen LogP contribution in [0.1, 0.15) is 36.9 Å². The van der Waals surface area contributed by atoms with Crippen molar-refractivity contribution >= 4 is 0 Å². The first-order chi connectivity index (χ1) is 9.30. The third-order valence-electron chi connectivity index (χ3n) is 4.17. The van der Waals surface area contributed by atoms with E-state index in [1.165, 1.54) is 24.0 Å². The van der Waals surface area contributed by atoms with Crippen molar-refractivity contribution in [3.8, 4) is 0 Å². The van der Waals surface area contributed by atoms with Crippen LogP contribution in [0.5, 0.6) is 0 Å². The molecule has 3 rings (SSSR count). The van der Waals surface area contributed by atoms with Crippen molar-refractivity contribution in [1.29, 1.82) is 0 Å². The van der Waals surface area contributed by atoms with E-state index in [4.69, 9.17) is 5.84 Å². The van der Waals surface area contributed by atoms with Gasteiger partial charge in [-0.05, 0) is 25.3 Å². The summed E-state index contributed by atoms with van der Waals surface area (Å²) < 4.78 is 1.95. The van der Waals surface area contributed by atoms with Gasteiger partial charge in [-0.3, -0.25) is 16.0 Å². The number of nitrogens with zero attached hydrogens (tertiary/aromatic N) is 2. The second-order valence-electron chi connectivity index (χ2n) is 5.25. The van der Waals surface area contributed by atoms with Crippen molar-refractivity contribution < 1.29 is 0 Å². The smallest absolute Gasteiger partial charge is 0.0587 e. The molecule has 0 amide bonds. The van der Waals surface area contributed by atoms with Crippen LogP contribution < -0.4 is 11.3 Å². The number of nitrogens with two attached hydrogens (primary N) is 1. The van der Waals surface area contributed by atoms with E-state index in [1.807, 2.05) is 10.9 Å². The van der Waals surface area contributed by atoms with Gasteiger partial charge >= 0.3 is 0 Å². The largest absolute Gasteiger partial charge is 0.273 e. The molecule has 1 unspecified atom stereocenters. The molecule has 3 N–H and O–H groups in total. The van der Waals surface area contributed by atoms with Crippen LogP contribution >= 0.6 is 0 Å². The fraction of sp³-hybridized carbons (Fsp3) is 0.400. The molecule has 100 valence electrons. The maximum atomic E-state index is 5.83. The molecular weight excluding hydrogens is 236 g/mol. The summed E-state index contributed by atoms with van der Waals surface area (Å²) in [6, 6.07) is 10.8. The van der Waals surface area contributed by atoms with Crippen LogP contribution in [-0.4, -0.2) is 9.78 Å². The van der Waals surface area contributed by atoms with Crippen LogP contribution in [-0.2, 0) is 12.0 Å². The van der Waals surface area contributed by atoms with Gasteiger partial charge < -0.3 is 0 Å². The van der Waals surface area contributed by atoms with Crippen LogP contribution in [0.4, 0.5) is 0 Å². The molecule has 1 saturated carbocycles. The molecule has 1 fully saturated rings. The molecule has 1 atom stereocenters. The van der Waals surface area contributed by atoms with E-state index in [0.29, 0.717) is 0 Å². The van der Waals surface area contributed by atoms with Crippen molar-refractivity contribution in [3.05, 3.63) is 53.9 Å². The molecule has 1 aromatic carbocycles. The quantitative estimate of drug-likeness (QED) is 0.636. The average molecular weight is 256 g/mol. The molecule has 0 spiro atoms. The van der Waals surface area contributed by atoms with E-state index in [1.54, 1.807) is 0 Å². The van der Waals surface area contributed by atoms with E-state index in [-0.39, 0.29) is 11.5 Å². The van der Waals surface area contributed by atoms with Gasteiger partial charge in [-0.2, -0.15) is 5.10 Å². The number of aromatic nitrogens is 2. The number of benzene rings is 1. The minimum Gasteiger partial charge on any atom is -0.273 e. The predicted octanol–water partition coefficient (Wildman–Crippen LogP) is 2.14. The molecule has 1 aliphatic carbocycles. The van der Waals surface area contributed by atoms with Crippen molar-refractivity contribution in [1.82, 2.24) is 15.2 Å². The van der Waals surface area contributed by atoms with Gasteiger partial charge in [0.15, 0.2) is 0 Å². The third-order valence-corrected chi connectivity index (χ3v) is 4.17. The Morgan fingerprint density at radius 3 is 2.63 bits per heavy atom. The van der Waals surface area contributed by atoms with Crippen LogP contribution in [0.25, 0.3) is 0 Å². The Labute approximate surface area is 113 Å². The van der Waals surface area contributed by atoms with Crippen LogP contribution in [0, 0.1) is 0 Å². The third kappa shape index (κ3) is 2.07. The Hall–Kier alpha value is -1.65. The van der Waals surface area contributed by atoms with Gasteiger partial charge in [0, 0.05) is 23.7 Å². The van der Waals surface area contributed by atoms with E-state index in [2.05, 4.69) is 54.0 Å². The molecule has 0 aliphatic heterocycles. The highest BCUT2D eigenvalue weighted by molar-refractivity contribution is 5.37. The minimum atomic E-state index is 0.134. The molecule has 0 bridgehead atoms. The van der Waals surface area contributed by atoms with Crippen molar-refractivity contribution in [3.63, 3.8) is 0 Å². The van der Waals surface area contributed by atoms with E-state index in [0.717, 1.165) is 6.54 Å². The fourth-order valence-electron chi connectivity index (χ4n) is 2.93. The van der Waals surface area contributed by atoms with Crippen LogP contribution in [0.3, 0.4) is 0 Å². The first-order valence-corrected chi connectivity index (χ1v) is 6.84. The Morgan fingerprint density at radius 2 is 2.11 bits per heavy atom. The molecule has 4 heteroatoms. The Bertz CT molecular complexity index is 542. The zero-order valence-electron chi connectivity index (χ0n) is 11.2. The van der Waals surface area contributed by atoms with Gasteiger partial charge in [0.05, 0.1) is 12.2 Å². The first kappa shape index (κ1) is 12.4. The van der Waals surface area contributed by atoms with Crippen molar-refractivity contribution in [2.75, 3.05) is 0 Å². The second-order valence-corrected chi connectivity index (χ2v) is 5.25. The number of nitrogens with one attached hydrogen (secondary N) is 1. The lowest BCUT2D eigenvalue weighted by Gasteiger charge is -2.26. The van der Waals surface area contributed by atoms with E-state index >= 15 is 0 Å². The monoisotopic (exact) mass is 256 g/mol. The van der Waals surface area contributed by atoms with Gasteiger partial charge in [0.2, 0.25) is 0 Å². The standard InChI is InChI=1S/C15H20N4/c1-2-19-11-12(10-17-19)14(18-16)15(8-9-15)13-6-4-3-5-7-13/h3-7,10-11,14,18H,2,8-9,16H2,1H3. The molecule has 19 heavy (non-hydrogen) atoms. The Morgan fingerprint density at radius 1 is 1.37 bits per heavy atom. The number of rotatable bonds is 5. The van der Waals surface area contributed by atoms with Gasteiger partial charge in [0.1, 0.15) is 0 Å². The first-order valence-electron chi connectivity index (χ1n) is 6.84. The molecule has 4 nitrogen and oxygen atoms in total. The number of hydrogen-bond acceptors (Lipinski definition) is 3. The predicted molar refractivity (Wildman–Crippen MR) is 75.3 cm³/mol. The van der Waals surface area contributed by atoms with Crippen LogP contribution in [0.15, 0.2) is 42.7 Å². The molecule has 2 aromatic rings. The van der Waals surface area contributed by atoms with E-state index < -0.39 is 0 Å². The highest BCUT2D eigenvalue weighted by Crippen LogP contribution is 2.56. The Kier molecular flexibility index (Phi) is 3.12. The minimum absolute atomic E-state index is 0.134. The summed E-state index contributed by atoms with van der Waals surface area (Å²) in [7, 11) is 0. The van der Waals surface area contributed by atoms with Gasteiger partial charge in [-0.15, -0.1) is 0 Å². The summed E-state index contributed by atoms with van der Waals surface area (Å²) in [5, 5.41) is 4.36. The zero-order valence-corrected chi connectivity index (χ0v) is 11.2. The summed E-state index contributed by atoms with van der Waals surface area (Å²) >= 11 is 0. The summed E-state index contributed by atoms with van der Waals surface area (Å²) in [4.78, 5) is 0. The second kappa shape index (κ2) is 4.79. The van der Waals surface area contributed by atoms with Crippen molar-refractivity contribution in [2.45, 2.75) is 37.8 Å². The number of hydrazine groups is 1. The summed E-state index contributed by atoms with van der Waals surface area (Å²) in [5.74, 6) is 5.83. The van der Waals surface area contributed by atoms with Gasteiger partial charge in [-0.1, -0.05) is 30.3 Å². The lowest BCUT2D eigenvalue weighted by atomic mass is 9.85. The topological polar surface area (TPSA) is 55.9 Å². The highest BCUT2D eigenvalue weighted by Gasteiger charge is 2.51. The van der Waals surface area contributed by atoms with Gasteiger partial charge in [-0.25, -0.2) is 0 Å². The normalized spacial score (nSPS) is 18.2. The number of aryl methyl sites for hydroxylation is 1. The van der Waals surface area contributed by atoms with Crippen molar-refractivity contribution in [2.24, 2.45) is 5.84 Å². The maximum absolute atomic E-state index is 5.83. The van der Waals surface area contributed by atoms with Crippen LogP contribution in [0.2, 0.25) is 0 Å². The van der Waals surface area contributed by atoms with Gasteiger partial charge in [0.25, 0.3) is 0 Å². The molecular formula is C15H20N4. The summed E-state index contributed by atoms with van der Waals surface area (Å²) in [6.45, 7) is 2.97. The maximum Gasteiger partial charge on any atom is 0.0587 e. The average Bonchev–Trinajstić information content (AvgIpc) is 3.12. The lowest BCUT2D eigenvalue weighted by Crippen LogP contribution is -2.36. The fourth-order valence-corrected chi connectivity index (χ4v) is 2.93. The SMILES string of the molecule is CCn1cc(C(NN)C2(c3ccccc3)CC2)cn1. The lowest BCUT2D eigenvalue weighted by molar-refractivity contribution is 0.438. The zero-order chi connectivity index (χ0) is 13.3. The highest BCUT2D eigenvalue weighted by atomic mass is 15.3. The molecule has 0 saturated heterocycles. The molecule has 1 heterocycles. The molecule has 0 radical (unpaired) electrons. The van der Waals surface area contributed by atoms with E-state index in [9.17, 15) is 0 Å². The molecule has 1 aromatic heterocycles. The summed E-state index contributed by atoms with van der Waals surface area (Å²) in [6.07, 6.45) is 6.36. The number of hydrogen-bond donors (Lipinski definition) is 2. The Balaban J connectivity index is 1.94.